The number of carbonyl (C=O) groups is 3. The molecule has 0 radical (unpaired) electrons. The first kappa shape index (κ1) is 15.4. The van der Waals surface area contributed by atoms with E-state index in [2.05, 4.69) is 5.32 Å². The van der Waals surface area contributed by atoms with Crippen LogP contribution in [0.5, 0.6) is 0 Å². The summed E-state index contributed by atoms with van der Waals surface area (Å²) in [7, 11) is 0. The summed E-state index contributed by atoms with van der Waals surface area (Å²) in [5.41, 5.74) is 0. The van der Waals surface area contributed by atoms with Crippen LogP contribution in [-0.2, 0) is 9.59 Å². The topological polar surface area (TPSA) is 83.5 Å². The lowest BCUT2D eigenvalue weighted by Crippen LogP contribution is -2.44. The van der Waals surface area contributed by atoms with E-state index in [1.54, 1.807) is 31.4 Å². The molecule has 1 aromatic heterocycles. The molecule has 6 heteroatoms. The molecule has 0 saturated heterocycles. The van der Waals surface area contributed by atoms with E-state index >= 15 is 0 Å². The molecule has 19 heavy (non-hydrogen) atoms. The molecule has 1 atom stereocenters. The Balaban J connectivity index is 2.43. The molecule has 0 aliphatic rings. The highest BCUT2D eigenvalue weighted by Gasteiger charge is 2.23. The number of carboxylic acid groups (broad SMARTS) is 1. The number of ketones is 1. The Morgan fingerprint density at radius 3 is 2.47 bits per heavy atom. The van der Waals surface area contributed by atoms with Gasteiger partial charge in [-0.25, -0.2) is 4.79 Å². The van der Waals surface area contributed by atoms with E-state index < -0.39 is 17.9 Å². The van der Waals surface area contributed by atoms with Crippen LogP contribution in [0.25, 0.3) is 0 Å². The molecule has 1 heterocycles. The third kappa shape index (κ3) is 4.82. The van der Waals surface area contributed by atoms with Gasteiger partial charge in [-0.2, -0.15) is 0 Å². The van der Waals surface area contributed by atoms with Crippen molar-refractivity contribution in [3.8, 4) is 0 Å². The lowest BCUT2D eigenvalue weighted by Gasteiger charge is -2.17. The summed E-state index contributed by atoms with van der Waals surface area (Å²) < 4.78 is 0. The SMILES string of the molecule is CC(C)C(NC(=O)CCC(=O)c1cccs1)C(=O)O. The van der Waals surface area contributed by atoms with E-state index in [1.807, 2.05) is 0 Å². The average molecular weight is 283 g/mol. The number of hydrogen-bond acceptors (Lipinski definition) is 4. The summed E-state index contributed by atoms with van der Waals surface area (Å²) in [5, 5.41) is 13.2. The van der Waals surface area contributed by atoms with Crippen molar-refractivity contribution in [3.05, 3.63) is 22.4 Å². The van der Waals surface area contributed by atoms with Gasteiger partial charge in [0.05, 0.1) is 4.88 Å². The minimum atomic E-state index is -1.06. The molecule has 1 amide bonds. The molecule has 104 valence electrons. The van der Waals surface area contributed by atoms with Crippen LogP contribution >= 0.6 is 11.3 Å². The predicted octanol–water partition coefficient (Wildman–Crippen LogP) is 1.94. The van der Waals surface area contributed by atoms with E-state index in [0.717, 1.165) is 0 Å². The number of nitrogens with one attached hydrogen (secondary N) is 1. The zero-order chi connectivity index (χ0) is 14.4. The van der Waals surface area contributed by atoms with Gasteiger partial charge in [0.1, 0.15) is 6.04 Å². The third-order valence-corrected chi connectivity index (χ3v) is 3.54. The summed E-state index contributed by atoms with van der Waals surface area (Å²) >= 11 is 1.33. The van der Waals surface area contributed by atoms with Gasteiger partial charge in [-0.3, -0.25) is 9.59 Å². The molecule has 0 aliphatic carbocycles. The van der Waals surface area contributed by atoms with Crippen molar-refractivity contribution in [3.63, 3.8) is 0 Å². The fourth-order valence-corrected chi connectivity index (χ4v) is 2.24. The number of rotatable bonds is 7. The number of hydrogen-bond donors (Lipinski definition) is 2. The summed E-state index contributed by atoms with van der Waals surface area (Å²) in [4.78, 5) is 34.8. The number of Topliss-reactive ketones (excluding diaryl/α,β-unsaturated/α-hetero) is 1. The van der Waals surface area contributed by atoms with Crippen LogP contribution < -0.4 is 5.32 Å². The normalized spacial score (nSPS) is 12.2. The Kier molecular flexibility index (Phi) is 5.69. The van der Waals surface area contributed by atoms with Gasteiger partial charge < -0.3 is 10.4 Å². The number of carbonyl (C=O) groups excluding carboxylic acids is 2. The summed E-state index contributed by atoms with van der Waals surface area (Å²) in [6, 6.07) is 2.57. The van der Waals surface area contributed by atoms with Crippen LogP contribution in [0.3, 0.4) is 0 Å². The van der Waals surface area contributed by atoms with Gasteiger partial charge in [0.25, 0.3) is 0 Å². The van der Waals surface area contributed by atoms with E-state index in [1.165, 1.54) is 11.3 Å². The Labute approximate surface area is 115 Å². The highest BCUT2D eigenvalue weighted by atomic mass is 32.1. The van der Waals surface area contributed by atoms with E-state index in [0.29, 0.717) is 4.88 Å². The van der Waals surface area contributed by atoms with E-state index in [9.17, 15) is 14.4 Å². The monoisotopic (exact) mass is 283 g/mol. The Morgan fingerprint density at radius 2 is 2.00 bits per heavy atom. The zero-order valence-electron chi connectivity index (χ0n) is 10.9. The van der Waals surface area contributed by atoms with Crippen LogP contribution in [0.1, 0.15) is 36.4 Å². The predicted molar refractivity (Wildman–Crippen MR) is 72.3 cm³/mol. The van der Waals surface area contributed by atoms with Gasteiger partial charge in [0.2, 0.25) is 5.91 Å². The molecular weight excluding hydrogens is 266 g/mol. The van der Waals surface area contributed by atoms with Crippen molar-refractivity contribution in [2.24, 2.45) is 5.92 Å². The molecule has 1 rings (SSSR count). The molecule has 0 bridgehead atoms. The minimum Gasteiger partial charge on any atom is -0.480 e. The van der Waals surface area contributed by atoms with Crippen molar-refractivity contribution in [1.82, 2.24) is 5.32 Å². The second-order valence-electron chi connectivity index (χ2n) is 4.53. The van der Waals surface area contributed by atoms with Crippen molar-refractivity contribution >= 4 is 29.0 Å². The average Bonchev–Trinajstić information content (AvgIpc) is 2.85. The molecule has 0 saturated carbocycles. The van der Waals surface area contributed by atoms with Crippen LogP contribution in [0, 0.1) is 5.92 Å². The quantitative estimate of drug-likeness (QED) is 0.749. The maximum absolute atomic E-state index is 11.7. The Bertz CT molecular complexity index is 453. The van der Waals surface area contributed by atoms with Crippen molar-refractivity contribution in [1.29, 1.82) is 0 Å². The maximum atomic E-state index is 11.7. The lowest BCUT2D eigenvalue weighted by molar-refractivity contribution is -0.143. The van der Waals surface area contributed by atoms with Crippen molar-refractivity contribution in [2.45, 2.75) is 32.7 Å². The molecule has 0 aliphatic heterocycles. The third-order valence-electron chi connectivity index (χ3n) is 2.62. The molecule has 0 fully saturated rings. The minimum absolute atomic E-state index is 0.00718. The fourth-order valence-electron chi connectivity index (χ4n) is 1.55. The standard InChI is InChI=1S/C13H17NO4S/c1-8(2)12(13(17)18)14-11(16)6-5-9(15)10-4-3-7-19-10/h3-4,7-8,12H,5-6H2,1-2H3,(H,14,16)(H,17,18). The van der Waals surface area contributed by atoms with Crippen molar-refractivity contribution in [2.75, 3.05) is 0 Å². The molecule has 1 aromatic rings. The number of aliphatic carboxylic acids is 1. The molecule has 0 aromatic carbocycles. The van der Waals surface area contributed by atoms with E-state index in [4.69, 9.17) is 5.11 Å². The van der Waals surface area contributed by atoms with Gasteiger partial charge in [0.15, 0.2) is 5.78 Å². The molecule has 2 N–H and O–H groups in total. The second-order valence-corrected chi connectivity index (χ2v) is 5.48. The summed E-state index contributed by atoms with van der Waals surface area (Å²) in [6.07, 6.45) is 0.101. The van der Waals surface area contributed by atoms with Gasteiger partial charge in [-0.15, -0.1) is 11.3 Å². The fraction of sp³-hybridized carbons (Fsp3) is 0.462. The van der Waals surface area contributed by atoms with Crippen LogP contribution in [0.15, 0.2) is 17.5 Å². The van der Waals surface area contributed by atoms with Gasteiger partial charge >= 0.3 is 5.97 Å². The van der Waals surface area contributed by atoms with Crippen molar-refractivity contribution < 1.29 is 19.5 Å². The first-order valence-corrected chi connectivity index (χ1v) is 6.88. The lowest BCUT2D eigenvalue weighted by atomic mass is 10.0. The number of carboxylic acids is 1. The van der Waals surface area contributed by atoms with Gasteiger partial charge in [-0.05, 0) is 17.4 Å². The molecule has 5 nitrogen and oxygen atoms in total. The maximum Gasteiger partial charge on any atom is 0.326 e. The number of amides is 1. The Hall–Kier alpha value is -1.69. The summed E-state index contributed by atoms with van der Waals surface area (Å²) in [6.45, 7) is 3.44. The van der Waals surface area contributed by atoms with Crippen LogP contribution in [0.2, 0.25) is 0 Å². The Morgan fingerprint density at radius 1 is 1.32 bits per heavy atom. The van der Waals surface area contributed by atoms with Crippen LogP contribution in [0.4, 0.5) is 0 Å². The highest BCUT2D eigenvalue weighted by Crippen LogP contribution is 2.12. The van der Waals surface area contributed by atoms with Gasteiger partial charge in [0, 0.05) is 12.8 Å². The first-order chi connectivity index (χ1) is 8.91. The number of thiophene rings is 1. The second kappa shape index (κ2) is 7.04. The largest absolute Gasteiger partial charge is 0.480 e. The van der Waals surface area contributed by atoms with E-state index in [-0.39, 0.29) is 24.5 Å². The molecule has 1 unspecified atom stereocenters. The zero-order valence-corrected chi connectivity index (χ0v) is 11.7. The first-order valence-electron chi connectivity index (χ1n) is 6.00. The summed E-state index contributed by atoms with van der Waals surface area (Å²) in [5.74, 6) is -1.77. The smallest absolute Gasteiger partial charge is 0.326 e. The molecule has 0 spiro atoms. The van der Waals surface area contributed by atoms with Gasteiger partial charge in [-0.1, -0.05) is 19.9 Å². The highest BCUT2D eigenvalue weighted by molar-refractivity contribution is 7.12. The molecular formula is C13H17NO4S. The van der Waals surface area contributed by atoms with Crippen LogP contribution in [-0.4, -0.2) is 28.8 Å².